The van der Waals surface area contributed by atoms with E-state index in [1.54, 1.807) is 6.07 Å². The third-order valence-electron chi connectivity index (χ3n) is 3.44. The van der Waals surface area contributed by atoms with Crippen LogP contribution in [0.25, 0.3) is 0 Å². The molecule has 1 aromatic rings. The van der Waals surface area contributed by atoms with Crippen LogP contribution in [0, 0.1) is 23.0 Å². The minimum atomic E-state index is -0.770. The summed E-state index contributed by atoms with van der Waals surface area (Å²) in [5.74, 6) is -1.54. The zero-order valence-corrected chi connectivity index (χ0v) is 11.1. The van der Waals surface area contributed by atoms with Crippen LogP contribution in [0.2, 0.25) is 0 Å². The largest absolute Gasteiger partial charge is 0.395 e. The van der Waals surface area contributed by atoms with Crippen molar-refractivity contribution < 1.29 is 13.9 Å². The number of benzene rings is 1. The van der Waals surface area contributed by atoms with Gasteiger partial charge in [-0.1, -0.05) is 0 Å². The predicted molar refractivity (Wildman–Crippen MR) is 71.4 cm³/mol. The number of aliphatic hydroxyl groups is 1. The van der Waals surface area contributed by atoms with Crippen LogP contribution in [-0.2, 0) is 0 Å². The second-order valence-corrected chi connectivity index (χ2v) is 4.86. The summed E-state index contributed by atoms with van der Waals surface area (Å²) in [6.07, 6.45) is 1.98. The molecule has 1 atom stereocenters. The van der Waals surface area contributed by atoms with Crippen LogP contribution in [0.1, 0.15) is 18.4 Å². The lowest BCUT2D eigenvalue weighted by atomic mass is 10.1. The maximum absolute atomic E-state index is 14.0. The number of nitriles is 1. The monoisotopic (exact) mass is 281 g/mol. The third-order valence-corrected chi connectivity index (χ3v) is 3.44. The summed E-state index contributed by atoms with van der Waals surface area (Å²) in [6.45, 7) is 1.29. The Labute approximate surface area is 116 Å². The summed E-state index contributed by atoms with van der Waals surface area (Å²) < 4.78 is 28.0. The predicted octanol–water partition coefficient (Wildman–Crippen LogP) is 1.39. The van der Waals surface area contributed by atoms with Gasteiger partial charge in [-0.25, -0.2) is 8.78 Å². The molecule has 0 radical (unpaired) electrons. The molecule has 4 nitrogen and oxygen atoms in total. The van der Waals surface area contributed by atoms with Gasteiger partial charge in [0.15, 0.2) is 11.6 Å². The molecule has 0 bridgehead atoms. The van der Waals surface area contributed by atoms with Crippen molar-refractivity contribution in [1.29, 1.82) is 5.26 Å². The van der Waals surface area contributed by atoms with Crippen LogP contribution in [0.15, 0.2) is 12.1 Å². The zero-order chi connectivity index (χ0) is 14.5. The number of anilines is 1. The Morgan fingerprint density at radius 3 is 2.60 bits per heavy atom. The van der Waals surface area contributed by atoms with E-state index in [4.69, 9.17) is 10.4 Å². The van der Waals surface area contributed by atoms with E-state index in [9.17, 15) is 8.78 Å². The van der Waals surface area contributed by atoms with E-state index in [0.717, 1.165) is 31.5 Å². The van der Waals surface area contributed by atoms with E-state index >= 15 is 0 Å². The Morgan fingerprint density at radius 2 is 2.10 bits per heavy atom. The highest BCUT2D eigenvalue weighted by molar-refractivity contribution is 5.52. The molecule has 1 fully saturated rings. The second-order valence-electron chi connectivity index (χ2n) is 4.86. The van der Waals surface area contributed by atoms with Gasteiger partial charge in [0.1, 0.15) is 5.69 Å². The molecule has 1 heterocycles. The quantitative estimate of drug-likeness (QED) is 0.856. The molecule has 0 spiro atoms. The molecule has 0 aliphatic carbocycles. The lowest BCUT2D eigenvalue weighted by Crippen LogP contribution is -2.40. The smallest absolute Gasteiger partial charge is 0.150 e. The van der Waals surface area contributed by atoms with Crippen LogP contribution in [-0.4, -0.2) is 37.4 Å². The van der Waals surface area contributed by atoms with E-state index in [-0.39, 0.29) is 30.4 Å². The van der Waals surface area contributed by atoms with Gasteiger partial charge in [0.05, 0.1) is 18.2 Å². The fourth-order valence-electron chi connectivity index (χ4n) is 2.53. The van der Waals surface area contributed by atoms with Crippen LogP contribution in [0.5, 0.6) is 0 Å². The summed E-state index contributed by atoms with van der Waals surface area (Å²) in [4.78, 5) is 1.49. The van der Waals surface area contributed by atoms with E-state index in [1.807, 2.05) is 0 Å². The van der Waals surface area contributed by atoms with Crippen LogP contribution >= 0.6 is 0 Å². The number of nitrogens with zero attached hydrogens (tertiary/aromatic N) is 2. The van der Waals surface area contributed by atoms with Gasteiger partial charge in [0.2, 0.25) is 0 Å². The highest BCUT2D eigenvalue weighted by Gasteiger charge is 2.23. The van der Waals surface area contributed by atoms with E-state index in [2.05, 4.69) is 5.32 Å². The van der Waals surface area contributed by atoms with Crippen molar-refractivity contribution in [2.45, 2.75) is 18.9 Å². The topological polar surface area (TPSA) is 59.3 Å². The molecular formula is C14H17F2N3O. The van der Waals surface area contributed by atoms with Crippen molar-refractivity contribution in [2.24, 2.45) is 0 Å². The van der Waals surface area contributed by atoms with Gasteiger partial charge in [-0.15, -0.1) is 0 Å². The van der Waals surface area contributed by atoms with Gasteiger partial charge in [0, 0.05) is 19.1 Å². The Morgan fingerprint density at radius 1 is 1.40 bits per heavy atom. The van der Waals surface area contributed by atoms with Crippen molar-refractivity contribution in [2.75, 3.05) is 31.1 Å². The molecule has 1 saturated heterocycles. The molecule has 0 aromatic heterocycles. The average molecular weight is 281 g/mol. The van der Waals surface area contributed by atoms with Crippen molar-refractivity contribution in [3.05, 3.63) is 29.3 Å². The minimum Gasteiger partial charge on any atom is -0.395 e. The Hall–Kier alpha value is -1.71. The van der Waals surface area contributed by atoms with Gasteiger partial charge in [0.25, 0.3) is 0 Å². The molecule has 20 heavy (non-hydrogen) atoms. The first-order valence-corrected chi connectivity index (χ1v) is 6.64. The van der Waals surface area contributed by atoms with Gasteiger partial charge in [-0.2, -0.15) is 5.26 Å². The summed E-state index contributed by atoms with van der Waals surface area (Å²) in [6, 6.07) is 3.92. The van der Waals surface area contributed by atoms with E-state index < -0.39 is 11.6 Å². The molecular weight excluding hydrogens is 264 g/mol. The number of halogens is 2. The number of aliphatic hydroxyl groups excluding tert-OH is 1. The SMILES string of the molecule is N#Cc1cc(F)c(N(CCO)CC2CCCN2)c(F)c1. The lowest BCUT2D eigenvalue weighted by molar-refractivity contribution is 0.299. The highest BCUT2D eigenvalue weighted by atomic mass is 19.1. The summed E-state index contributed by atoms with van der Waals surface area (Å²) in [5, 5.41) is 21.1. The number of rotatable bonds is 5. The second kappa shape index (κ2) is 6.64. The highest BCUT2D eigenvalue weighted by Crippen LogP contribution is 2.25. The van der Waals surface area contributed by atoms with Crippen LogP contribution < -0.4 is 10.2 Å². The Kier molecular flexibility index (Phi) is 4.88. The normalized spacial score (nSPS) is 18.0. The summed E-state index contributed by atoms with van der Waals surface area (Å²) in [5.41, 5.74) is -0.224. The van der Waals surface area contributed by atoms with Crippen molar-refractivity contribution in [3.8, 4) is 6.07 Å². The molecule has 1 aromatic carbocycles. The lowest BCUT2D eigenvalue weighted by Gasteiger charge is -2.28. The van der Waals surface area contributed by atoms with Crippen molar-refractivity contribution in [1.82, 2.24) is 5.32 Å². The molecule has 1 aliphatic rings. The van der Waals surface area contributed by atoms with Gasteiger partial charge in [-0.05, 0) is 31.5 Å². The average Bonchev–Trinajstić information content (AvgIpc) is 2.90. The molecule has 2 rings (SSSR count). The Balaban J connectivity index is 2.26. The molecule has 0 amide bonds. The summed E-state index contributed by atoms with van der Waals surface area (Å²) >= 11 is 0. The molecule has 108 valence electrons. The maximum Gasteiger partial charge on any atom is 0.150 e. The third kappa shape index (κ3) is 3.24. The molecule has 1 unspecified atom stereocenters. The van der Waals surface area contributed by atoms with Crippen LogP contribution in [0.3, 0.4) is 0 Å². The molecule has 2 N–H and O–H groups in total. The van der Waals surface area contributed by atoms with Gasteiger partial charge < -0.3 is 15.3 Å². The maximum atomic E-state index is 14.0. The Bertz CT molecular complexity index is 487. The van der Waals surface area contributed by atoms with Gasteiger partial charge in [-0.3, -0.25) is 0 Å². The standard InChI is InChI=1S/C14H17F2N3O/c15-12-6-10(8-17)7-13(16)14(12)19(4-5-20)9-11-2-1-3-18-11/h6-7,11,18,20H,1-5,9H2. The zero-order valence-electron chi connectivity index (χ0n) is 11.1. The first-order chi connectivity index (χ1) is 9.65. The molecule has 1 aliphatic heterocycles. The van der Waals surface area contributed by atoms with Crippen LogP contribution in [0.4, 0.5) is 14.5 Å². The number of hydrogen-bond donors (Lipinski definition) is 2. The van der Waals surface area contributed by atoms with Crippen molar-refractivity contribution in [3.63, 3.8) is 0 Å². The molecule has 6 heteroatoms. The fourth-order valence-corrected chi connectivity index (χ4v) is 2.53. The first-order valence-electron chi connectivity index (χ1n) is 6.64. The first kappa shape index (κ1) is 14.7. The number of hydrogen-bond acceptors (Lipinski definition) is 4. The molecule has 0 saturated carbocycles. The minimum absolute atomic E-state index is 0.0494. The van der Waals surface area contributed by atoms with Gasteiger partial charge >= 0.3 is 0 Å². The number of nitrogens with one attached hydrogen (secondary N) is 1. The summed E-state index contributed by atoms with van der Waals surface area (Å²) in [7, 11) is 0. The van der Waals surface area contributed by atoms with Crippen molar-refractivity contribution >= 4 is 5.69 Å². The van der Waals surface area contributed by atoms with E-state index in [0.29, 0.717) is 6.54 Å². The van der Waals surface area contributed by atoms with E-state index in [1.165, 1.54) is 4.90 Å². The fraction of sp³-hybridized carbons (Fsp3) is 0.500.